The van der Waals surface area contributed by atoms with E-state index in [1.165, 1.54) is 11.1 Å². The molecule has 0 atom stereocenters. The van der Waals surface area contributed by atoms with Gasteiger partial charge in [0.15, 0.2) is 0 Å². The van der Waals surface area contributed by atoms with Crippen LogP contribution in [0.5, 0.6) is 0 Å². The fraction of sp³-hybridized carbons (Fsp3) is 0.500. The SMILES string of the molecule is Nc1nccc(N2CCC(F)(F)C2)n1. The Hall–Kier alpha value is -1.46. The second-order valence-electron chi connectivity index (χ2n) is 3.30. The number of hydrogen-bond donors (Lipinski definition) is 1. The second kappa shape index (κ2) is 3.04. The molecule has 76 valence electrons. The van der Waals surface area contributed by atoms with Crippen LogP contribution in [-0.4, -0.2) is 29.0 Å². The first-order valence-electron chi connectivity index (χ1n) is 4.28. The van der Waals surface area contributed by atoms with E-state index in [9.17, 15) is 8.78 Å². The van der Waals surface area contributed by atoms with Crippen molar-refractivity contribution in [2.75, 3.05) is 23.7 Å². The highest BCUT2D eigenvalue weighted by Gasteiger charge is 2.38. The molecule has 1 aliphatic rings. The highest BCUT2D eigenvalue weighted by atomic mass is 19.3. The Kier molecular flexibility index (Phi) is 1.98. The predicted octanol–water partition coefficient (Wildman–Crippen LogP) is 0.904. The summed E-state index contributed by atoms with van der Waals surface area (Å²) in [6, 6.07) is 1.58. The molecule has 14 heavy (non-hydrogen) atoms. The molecule has 2 rings (SSSR count). The lowest BCUT2D eigenvalue weighted by molar-refractivity contribution is 0.0256. The summed E-state index contributed by atoms with van der Waals surface area (Å²) in [5.74, 6) is -2.04. The highest BCUT2D eigenvalue weighted by Crippen LogP contribution is 2.29. The summed E-state index contributed by atoms with van der Waals surface area (Å²) in [6.07, 6.45) is 1.34. The van der Waals surface area contributed by atoms with Gasteiger partial charge in [0.1, 0.15) is 5.82 Å². The molecular weight excluding hydrogens is 190 g/mol. The van der Waals surface area contributed by atoms with Gasteiger partial charge >= 0.3 is 0 Å². The summed E-state index contributed by atoms with van der Waals surface area (Å²) >= 11 is 0. The minimum atomic E-state index is -2.61. The van der Waals surface area contributed by atoms with E-state index in [-0.39, 0.29) is 18.9 Å². The van der Waals surface area contributed by atoms with E-state index < -0.39 is 5.92 Å². The van der Waals surface area contributed by atoms with Gasteiger partial charge < -0.3 is 10.6 Å². The van der Waals surface area contributed by atoms with E-state index in [1.807, 2.05) is 0 Å². The Bertz CT molecular complexity index is 342. The first-order chi connectivity index (χ1) is 6.57. The molecule has 2 heterocycles. The van der Waals surface area contributed by atoms with Crippen LogP contribution in [0.2, 0.25) is 0 Å². The second-order valence-corrected chi connectivity index (χ2v) is 3.30. The van der Waals surface area contributed by atoms with E-state index >= 15 is 0 Å². The third kappa shape index (κ3) is 1.73. The number of aromatic nitrogens is 2. The Morgan fingerprint density at radius 2 is 2.29 bits per heavy atom. The van der Waals surface area contributed by atoms with Crippen molar-refractivity contribution < 1.29 is 8.78 Å². The Morgan fingerprint density at radius 1 is 1.50 bits per heavy atom. The minimum absolute atomic E-state index is 0.109. The average molecular weight is 200 g/mol. The first-order valence-corrected chi connectivity index (χ1v) is 4.28. The maximum atomic E-state index is 12.9. The van der Waals surface area contributed by atoms with Crippen LogP contribution in [0.4, 0.5) is 20.5 Å². The Labute approximate surface area is 79.8 Å². The van der Waals surface area contributed by atoms with Crippen molar-refractivity contribution in [3.8, 4) is 0 Å². The lowest BCUT2D eigenvalue weighted by Crippen LogP contribution is -2.25. The summed E-state index contributed by atoms with van der Waals surface area (Å²) < 4.78 is 25.7. The van der Waals surface area contributed by atoms with Gasteiger partial charge in [-0.05, 0) is 6.07 Å². The van der Waals surface area contributed by atoms with Crippen molar-refractivity contribution in [3.63, 3.8) is 0 Å². The van der Waals surface area contributed by atoms with Crippen LogP contribution in [0.3, 0.4) is 0 Å². The summed E-state index contributed by atoms with van der Waals surface area (Å²) in [5, 5.41) is 0. The zero-order valence-corrected chi connectivity index (χ0v) is 7.45. The smallest absolute Gasteiger partial charge is 0.266 e. The van der Waals surface area contributed by atoms with Gasteiger partial charge in [-0.25, -0.2) is 13.8 Å². The lowest BCUT2D eigenvalue weighted by Gasteiger charge is -2.16. The molecule has 1 saturated heterocycles. The largest absolute Gasteiger partial charge is 0.368 e. The highest BCUT2D eigenvalue weighted by molar-refractivity contribution is 5.42. The van der Waals surface area contributed by atoms with Gasteiger partial charge in [-0.2, -0.15) is 4.98 Å². The number of rotatable bonds is 1. The molecule has 0 aromatic carbocycles. The van der Waals surface area contributed by atoms with Crippen molar-refractivity contribution in [1.82, 2.24) is 9.97 Å². The van der Waals surface area contributed by atoms with E-state index in [0.717, 1.165) is 0 Å². The van der Waals surface area contributed by atoms with Crippen LogP contribution < -0.4 is 10.6 Å². The molecule has 0 amide bonds. The van der Waals surface area contributed by atoms with Crippen molar-refractivity contribution in [2.24, 2.45) is 0 Å². The quantitative estimate of drug-likeness (QED) is 0.731. The van der Waals surface area contributed by atoms with Crippen LogP contribution in [0.15, 0.2) is 12.3 Å². The normalized spacial score (nSPS) is 20.0. The molecule has 1 fully saturated rings. The maximum absolute atomic E-state index is 12.9. The molecule has 0 spiro atoms. The van der Waals surface area contributed by atoms with E-state index in [1.54, 1.807) is 6.07 Å². The Balaban J connectivity index is 2.17. The van der Waals surface area contributed by atoms with Gasteiger partial charge in [0, 0.05) is 19.2 Å². The van der Waals surface area contributed by atoms with Crippen LogP contribution in [0.1, 0.15) is 6.42 Å². The standard InChI is InChI=1S/C8H10F2N4/c9-8(10)2-4-14(5-8)6-1-3-12-7(11)13-6/h1,3H,2,4-5H2,(H2,11,12,13). The fourth-order valence-electron chi connectivity index (χ4n) is 1.47. The molecule has 1 aromatic heterocycles. The third-order valence-corrected chi connectivity index (χ3v) is 2.15. The summed E-state index contributed by atoms with van der Waals surface area (Å²) in [5.41, 5.74) is 5.36. The molecule has 4 nitrogen and oxygen atoms in total. The van der Waals surface area contributed by atoms with Crippen molar-refractivity contribution in [2.45, 2.75) is 12.3 Å². The van der Waals surface area contributed by atoms with E-state index in [0.29, 0.717) is 12.4 Å². The molecule has 1 aromatic rings. The molecule has 0 saturated carbocycles. The number of anilines is 2. The summed E-state index contributed by atoms with van der Waals surface area (Å²) in [6.45, 7) is 0.0207. The van der Waals surface area contributed by atoms with Crippen LogP contribution >= 0.6 is 0 Å². The zero-order valence-electron chi connectivity index (χ0n) is 7.45. The number of nitrogens with two attached hydrogens (primary N) is 1. The zero-order chi connectivity index (χ0) is 10.2. The van der Waals surface area contributed by atoms with Crippen LogP contribution in [0.25, 0.3) is 0 Å². The van der Waals surface area contributed by atoms with Gasteiger partial charge in [-0.3, -0.25) is 0 Å². The summed E-state index contributed by atoms with van der Waals surface area (Å²) in [7, 11) is 0. The molecule has 0 radical (unpaired) electrons. The Morgan fingerprint density at radius 3 is 2.86 bits per heavy atom. The summed E-state index contributed by atoms with van der Waals surface area (Å²) in [4.78, 5) is 9.09. The predicted molar refractivity (Wildman–Crippen MR) is 48.2 cm³/mol. The van der Waals surface area contributed by atoms with Crippen molar-refractivity contribution >= 4 is 11.8 Å². The maximum Gasteiger partial charge on any atom is 0.266 e. The average Bonchev–Trinajstić information content (AvgIpc) is 2.46. The number of nitrogens with zero attached hydrogens (tertiary/aromatic N) is 3. The van der Waals surface area contributed by atoms with E-state index in [4.69, 9.17) is 5.73 Å². The minimum Gasteiger partial charge on any atom is -0.368 e. The van der Waals surface area contributed by atoms with Gasteiger partial charge in [0.2, 0.25) is 5.95 Å². The molecule has 0 aliphatic carbocycles. The topological polar surface area (TPSA) is 55.0 Å². The molecule has 0 unspecified atom stereocenters. The number of nitrogen functional groups attached to an aromatic ring is 1. The molecule has 0 bridgehead atoms. The van der Waals surface area contributed by atoms with Crippen molar-refractivity contribution in [1.29, 1.82) is 0 Å². The van der Waals surface area contributed by atoms with Gasteiger partial charge in [0.25, 0.3) is 5.92 Å². The number of alkyl halides is 2. The number of halogens is 2. The van der Waals surface area contributed by atoms with Gasteiger partial charge in [-0.1, -0.05) is 0 Å². The molecular formula is C8H10F2N4. The third-order valence-electron chi connectivity index (χ3n) is 2.15. The molecule has 1 aliphatic heterocycles. The van der Waals surface area contributed by atoms with E-state index in [2.05, 4.69) is 9.97 Å². The fourth-order valence-corrected chi connectivity index (χ4v) is 1.47. The van der Waals surface area contributed by atoms with Crippen LogP contribution in [-0.2, 0) is 0 Å². The lowest BCUT2D eigenvalue weighted by atomic mass is 10.3. The molecule has 2 N–H and O–H groups in total. The van der Waals surface area contributed by atoms with Gasteiger partial charge in [-0.15, -0.1) is 0 Å². The van der Waals surface area contributed by atoms with Crippen LogP contribution in [0, 0.1) is 0 Å². The van der Waals surface area contributed by atoms with Crippen molar-refractivity contribution in [3.05, 3.63) is 12.3 Å². The monoisotopic (exact) mass is 200 g/mol. The molecule has 6 heteroatoms. The first kappa shape index (κ1) is 9.11. The number of hydrogen-bond acceptors (Lipinski definition) is 4. The van der Waals surface area contributed by atoms with Gasteiger partial charge in [0.05, 0.1) is 6.54 Å².